The quantitative estimate of drug-likeness (QED) is 0.136. The highest BCUT2D eigenvalue weighted by Gasteiger charge is 2.51. The van der Waals surface area contributed by atoms with E-state index < -0.39 is 35.8 Å². The zero-order valence-electron chi connectivity index (χ0n) is 27.4. The zero-order valence-corrected chi connectivity index (χ0v) is 27.4. The third-order valence-electron chi connectivity index (χ3n) is 9.39. The molecule has 5 heteroatoms. The van der Waals surface area contributed by atoms with Gasteiger partial charge in [0.2, 0.25) is 0 Å². The maximum atomic E-state index is 12.2. The van der Waals surface area contributed by atoms with Crippen molar-refractivity contribution in [2.24, 2.45) is 0 Å². The van der Waals surface area contributed by atoms with Crippen LogP contribution in [0.2, 0.25) is 0 Å². The van der Waals surface area contributed by atoms with Gasteiger partial charge in [0.15, 0.2) is 6.29 Å². The van der Waals surface area contributed by atoms with Crippen LogP contribution >= 0.6 is 0 Å². The Balaban J connectivity index is 1.28. The van der Waals surface area contributed by atoms with E-state index in [4.69, 9.17) is 18.9 Å². The maximum absolute atomic E-state index is 12.2. The Bertz CT molecular complexity index is 1680. The van der Waals surface area contributed by atoms with Gasteiger partial charge in [0, 0.05) is 7.11 Å². The summed E-state index contributed by atoms with van der Waals surface area (Å²) >= 11 is 0. The fraction of sp³-hybridized carbons (Fsp3) is 0.182. The maximum Gasteiger partial charge on any atom is 0.186 e. The number of aliphatic hydroxyl groups excluding tert-OH is 1. The average molecular weight is 649 g/mol. The van der Waals surface area contributed by atoms with Crippen LogP contribution in [0.1, 0.15) is 33.4 Å². The van der Waals surface area contributed by atoms with E-state index in [1.54, 1.807) is 7.11 Å². The molecule has 0 spiro atoms. The molecule has 1 fully saturated rings. The molecule has 0 amide bonds. The van der Waals surface area contributed by atoms with Crippen molar-refractivity contribution in [3.05, 3.63) is 215 Å². The second-order valence-electron chi connectivity index (χ2n) is 12.2. The molecule has 49 heavy (non-hydrogen) atoms. The van der Waals surface area contributed by atoms with E-state index >= 15 is 0 Å². The lowest BCUT2D eigenvalue weighted by molar-refractivity contribution is -0.190. The molecule has 1 heterocycles. The molecule has 0 aliphatic carbocycles. The Kier molecular flexibility index (Phi) is 9.80. The first-order valence-electron chi connectivity index (χ1n) is 16.7. The number of hydrogen-bond acceptors (Lipinski definition) is 5. The van der Waals surface area contributed by atoms with Gasteiger partial charge in [0.05, 0.1) is 6.61 Å². The lowest BCUT2D eigenvalue weighted by Crippen LogP contribution is -2.46. The van der Waals surface area contributed by atoms with Gasteiger partial charge in [0.1, 0.15) is 29.5 Å². The van der Waals surface area contributed by atoms with Gasteiger partial charge < -0.3 is 24.1 Å². The van der Waals surface area contributed by atoms with Crippen LogP contribution < -0.4 is 0 Å². The highest BCUT2D eigenvalue weighted by atomic mass is 16.7. The topological polar surface area (TPSA) is 57.2 Å². The minimum Gasteiger partial charge on any atom is -0.387 e. The van der Waals surface area contributed by atoms with Crippen LogP contribution in [0.4, 0.5) is 0 Å². The monoisotopic (exact) mass is 648 g/mol. The molecule has 5 nitrogen and oxygen atoms in total. The summed E-state index contributed by atoms with van der Waals surface area (Å²) < 4.78 is 26.7. The second kappa shape index (κ2) is 14.7. The first kappa shape index (κ1) is 32.7. The van der Waals surface area contributed by atoms with Crippen LogP contribution in [0.5, 0.6) is 0 Å². The van der Waals surface area contributed by atoms with E-state index in [-0.39, 0.29) is 6.61 Å². The molecule has 6 aromatic rings. The van der Waals surface area contributed by atoms with Crippen LogP contribution in [0.3, 0.4) is 0 Å². The van der Waals surface area contributed by atoms with Gasteiger partial charge in [-0.1, -0.05) is 182 Å². The van der Waals surface area contributed by atoms with Gasteiger partial charge in [0.25, 0.3) is 0 Å². The van der Waals surface area contributed by atoms with E-state index in [1.807, 2.05) is 109 Å². The third-order valence-corrected chi connectivity index (χ3v) is 9.39. The Labute approximate surface area is 288 Å². The molecule has 4 atom stereocenters. The molecule has 0 bridgehead atoms. The Hall–Kier alpha value is -4.88. The normalized spacial score (nSPS) is 19.5. The average Bonchev–Trinajstić information content (AvgIpc) is 3.49. The van der Waals surface area contributed by atoms with Crippen LogP contribution in [0.25, 0.3) is 0 Å². The summed E-state index contributed by atoms with van der Waals surface area (Å²) in [6.07, 6.45) is -3.57. The van der Waals surface area contributed by atoms with Gasteiger partial charge in [-0.05, 0) is 33.4 Å². The Morgan fingerprint density at radius 2 is 0.796 bits per heavy atom. The molecule has 246 valence electrons. The number of rotatable bonds is 12. The van der Waals surface area contributed by atoms with Gasteiger partial charge >= 0.3 is 0 Å². The number of hydrogen-bond donors (Lipinski definition) is 1. The molecule has 0 unspecified atom stereocenters. The van der Waals surface area contributed by atoms with E-state index in [0.29, 0.717) is 0 Å². The molecule has 6 aromatic carbocycles. The van der Waals surface area contributed by atoms with Crippen LogP contribution in [0.15, 0.2) is 182 Å². The second-order valence-corrected chi connectivity index (χ2v) is 12.2. The first-order valence-corrected chi connectivity index (χ1v) is 16.7. The predicted octanol–water partition coefficient (Wildman–Crippen LogP) is 8.10. The summed E-state index contributed by atoms with van der Waals surface area (Å²) in [5.74, 6) is 0. The number of ether oxygens (including phenoxy) is 4. The fourth-order valence-electron chi connectivity index (χ4n) is 7.06. The molecule has 7 rings (SSSR count). The summed E-state index contributed by atoms with van der Waals surface area (Å²) in [6.45, 7) is 0.0641. The van der Waals surface area contributed by atoms with Crippen molar-refractivity contribution in [3.8, 4) is 0 Å². The van der Waals surface area contributed by atoms with Crippen molar-refractivity contribution < 1.29 is 24.1 Å². The lowest BCUT2D eigenvalue weighted by atomic mass is 9.79. The lowest BCUT2D eigenvalue weighted by Gasteiger charge is -2.39. The van der Waals surface area contributed by atoms with Crippen LogP contribution in [-0.2, 0) is 30.1 Å². The molecule has 0 saturated carbocycles. The minimum absolute atomic E-state index is 0.0641. The molecule has 1 N–H and O–H groups in total. The zero-order chi connectivity index (χ0) is 33.5. The molecule has 1 saturated heterocycles. The van der Waals surface area contributed by atoms with Crippen molar-refractivity contribution in [2.45, 2.75) is 35.8 Å². The molecular weight excluding hydrogens is 608 g/mol. The van der Waals surface area contributed by atoms with E-state index in [0.717, 1.165) is 33.4 Å². The number of aliphatic hydroxyl groups is 1. The highest BCUT2D eigenvalue weighted by Crippen LogP contribution is 2.45. The summed E-state index contributed by atoms with van der Waals surface area (Å²) in [5, 5.41) is 12.2. The van der Waals surface area contributed by atoms with Gasteiger partial charge in [-0.15, -0.1) is 0 Å². The Morgan fingerprint density at radius 3 is 1.10 bits per heavy atom. The van der Waals surface area contributed by atoms with Crippen LogP contribution in [-0.4, -0.2) is 43.4 Å². The molecule has 1 aliphatic heterocycles. The Morgan fingerprint density at radius 1 is 0.490 bits per heavy atom. The predicted molar refractivity (Wildman–Crippen MR) is 191 cm³/mol. The number of benzene rings is 6. The first-order chi connectivity index (χ1) is 24.2. The van der Waals surface area contributed by atoms with Gasteiger partial charge in [-0.25, -0.2) is 0 Å². The molecule has 1 aliphatic rings. The largest absolute Gasteiger partial charge is 0.387 e. The van der Waals surface area contributed by atoms with Crippen molar-refractivity contribution in [3.63, 3.8) is 0 Å². The van der Waals surface area contributed by atoms with Crippen molar-refractivity contribution in [1.29, 1.82) is 0 Å². The SMILES string of the molecule is CO[C@@H]1O[C@@H](COC(c2ccccc2)(c2ccccc2)c2ccccc2)[C@H](O)[C@H]1OC(c1ccccc1)(c1ccccc1)c1ccccc1. The summed E-state index contributed by atoms with van der Waals surface area (Å²) in [7, 11) is 1.58. The van der Waals surface area contributed by atoms with Crippen LogP contribution in [0, 0.1) is 0 Å². The number of methoxy groups -OCH3 is 1. The minimum atomic E-state index is -1.08. The van der Waals surface area contributed by atoms with E-state index in [9.17, 15) is 5.11 Å². The van der Waals surface area contributed by atoms with Gasteiger partial charge in [-0.2, -0.15) is 0 Å². The smallest absolute Gasteiger partial charge is 0.186 e. The molecule has 0 aromatic heterocycles. The van der Waals surface area contributed by atoms with E-state index in [1.165, 1.54) is 0 Å². The third kappa shape index (κ3) is 6.24. The summed E-state index contributed by atoms with van der Waals surface area (Å²) in [6, 6.07) is 60.8. The van der Waals surface area contributed by atoms with Gasteiger partial charge in [-0.3, -0.25) is 0 Å². The summed E-state index contributed by atoms with van der Waals surface area (Å²) in [4.78, 5) is 0. The fourth-order valence-corrected chi connectivity index (χ4v) is 7.06. The molecule has 0 radical (unpaired) electrons. The summed E-state index contributed by atoms with van der Waals surface area (Å²) in [5.41, 5.74) is 3.61. The van der Waals surface area contributed by atoms with Crippen molar-refractivity contribution in [1.82, 2.24) is 0 Å². The standard InChI is InChI=1S/C44H40O5/c1-46-42-41(49-44(36-26-14-5-15-27-36,37-28-16-6-17-29-37)38-30-18-7-19-31-38)40(45)39(48-42)32-47-43(33-20-8-2-9-21-33,34-22-10-3-11-23-34)35-24-12-4-13-25-35/h2-31,39-42,45H,32H2,1H3/t39-,40-,41+,42+/m0/s1. The highest BCUT2D eigenvalue weighted by molar-refractivity contribution is 5.49. The van der Waals surface area contributed by atoms with E-state index in [2.05, 4.69) is 72.8 Å². The van der Waals surface area contributed by atoms with Crippen molar-refractivity contribution in [2.75, 3.05) is 13.7 Å². The molecular formula is C44H40O5. The van der Waals surface area contributed by atoms with Crippen molar-refractivity contribution >= 4 is 0 Å².